The quantitative estimate of drug-likeness (QED) is 0.156. The standard InChI is InChI=1S/C47H42ClFN6O2/c1-30-21-22-38-40(31(2)52-55(38)47(33-15-9-6-10-16-33,34-17-11-7-12-18-34)35-19-13-8-14-20-35)39(30)41-37(48)27-36-43(42(41)49)51-29-32(28-50)44(36)53-23-25-54(26-24-53)45(56)57-46(3,4)5/h6-22,27,29H,23-26H2,1-5H3. The third-order valence-electron chi connectivity index (χ3n) is 10.8. The van der Waals surface area contributed by atoms with E-state index in [1.807, 2.05) is 100 Å². The van der Waals surface area contributed by atoms with Gasteiger partial charge in [-0.05, 0) is 69.0 Å². The molecule has 7 aromatic rings. The van der Waals surface area contributed by atoms with E-state index in [0.717, 1.165) is 33.2 Å². The Morgan fingerprint density at radius 1 is 0.825 bits per heavy atom. The van der Waals surface area contributed by atoms with Gasteiger partial charge < -0.3 is 14.5 Å². The minimum atomic E-state index is -0.897. The maximum Gasteiger partial charge on any atom is 0.410 e. The number of nitriles is 1. The summed E-state index contributed by atoms with van der Waals surface area (Å²) in [5.74, 6) is -0.584. The molecule has 57 heavy (non-hydrogen) atoms. The zero-order valence-electron chi connectivity index (χ0n) is 32.6. The molecule has 3 heterocycles. The second-order valence-corrected chi connectivity index (χ2v) is 15.9. The topological polar surface area (TPSA) is 87.3 Å². The minimum absolute atomic E-state index is 0.103. The number of carbonyl (C=O) groups is 1. The number of anilines is 1. The molecule has 0 N–H and O–H groups in total. The van der Waals surface area contributed by atoms with Crippen molar-refractivity contribution in [1.82, 2.24) is 19.7 Å². The van der Waals surface area contributed by atoms with Crippen LogP contribution >= 0.6 is 11.6 Å². The van der Waals surface area contributed by atoms with Gasteiger partial charge in [0.1, 0.15) is 22.7 Å². The highest BCUT2D eigenvalue weighted by Crippen LogP contribution is 2.47. The van der Waals surface area contributed by atoms with Gasteiger partial charge in [-0.3, -0.25) is 4.98 Å². The maximum absolute atomic E-state index is 17.5. The molecule has 0 bridgehead atoms. The van der Waals surface area contributed by atoms with E-state index < -0.39 is 23.1 Å². The summed E-state index contributed by atoms with van der Waals surface area (Å²) in [4.78, 5) is 21.0. The predicted octanol–water partition coefficient (Wildman–Crippen LogP) is 10.4. The number of hydrogen-bond acceptors (Lipinski definition) is 6. The summed E-state index contributed by atoms with van der Waals surface area (Å²) in [6.45, 7) is 11.0. The molecule has 1 aliphatic heterocycles. The molecule has 0 aliphatic carbocycles. The molecule has 10 heteroatoms. The summed E-state index contributed by atoms with van der Waals surface area (Å²) in [5, 5.41) is 16.9. The third kappa shape index (κ3) is 6.44. The van der Waals surface area contributed by atoms with Crippen molar-refractivity contribution in [2.75, 3.05) is 31.1 Å². The molecule has 1 saturated heterocycles. The SMILES string of the molecule is Cc1ccc2c(c(C)nn2C(c2ccccc2)(c2ccccc2)c2ccccc2)c1-c1c(Cl)cc2c(N3CCN(C(=O)OC(C)(C)C)CC3)c(C#N)cnc2c1F. The van der Waals surface area contributed by atoms with Crippen LogP contribution in [0.5, 0.6) is 0 Å². The molecular formula is C47H42ClFN6O2. The van der Waals surface area contributed by atoms with Crippen molar-refractivity contribution in [3.63, 3.8) is 0 Å². The van der Waals surface area contributed by atoms with E-state index in [1.54, 1.807) is 11.0 Å². The number of benzene rings is 5. The molecule has 1 fully saturated rings. The minimum Gasteiger partial charge on any atom is -0.444 e. The van der Waals surface area contributed by atoms with Gasteiger partial charge in [-0.1, -0.05) is 109 Å². The Morgan fingerprint density at radius 3 is 1.91 bits per heavy atom. The first-order valence-electron chi connectivity index (χ1n) is 19.0. The molecule has 0 atom stereocenters. The Kier molecular flexibility index (Phi) is 9.70. The summed E-state index contributed by atoms with van der Waals surface area (Å²) < 4.78 is 25.1. The van der Waals surface area contributed by atoms with Gasteiger partial charge >= 0.3 is 6.09 Å². The van der Waals surface area contributed by atoms with E-state index in [9.17, 15) is 10.1 Å². The van der Waals surface area contributed by atoms with Crippen molar-refractivity contribution < 1.29 is 13.9 Å². The lowest BCUT2D eigenvalue weighted by molar-refractivity contribution is 0.0240. The molecule has 1 amide bonds. The summed E-state index contributed by atoms with van der Waals surface area (Å²) in [6, 6.07) is 39.0. The number of fused-ring (bicyclic) bond motifs is 2. The van der Waals surface area contributed by atoms with Crippen LogP contribution in [0.4, 0.5) is 14.9 Å². The van der Waals surface area contributed by atoms with Gasteiger partial charge in [-0.25, -0.2) is 13.9 Å². The normalized spacial score (nSPS) is 13.6. The van der Waals surface area contributed by atoms with Gasteiger partial charge in [0.05, 0.1) is 27.5 Å². The highest BCUT2D eigenvalue weighted by atomic mass is 35.5. The molecule has 8 rings (SSSR count). The van der Waals surface area contributed by atoms with Crippen LogP contribution in [-0.2, 0) is 10.3 Å². The Bertz CT molecular complexity index is 2580. The van der Waals surface area contributed by atoms with E-state index in [1.165, 1.54) is 6.20 Å². The number of piperazine rings is 1. The first-order valence-corrected chi connectivity index (χ1v) is 19.4. The number of amides is 1. The molecule has 8 nitrogen and oxygen atoms in total. The highest BCUT2D eigenvalue weighted by Gasteiger charge is 2.41. The van der Waals surface area contributed by atoms with Gasteiger partial charge in [-0.2, -0.15) is 10.4 Å². The number of carbonyl (C=O) groups excluding carboxylic acids is 1. The van der Waals surface area contributed by atoms with Crippen LogP contribution < -0.4 is 4.90 Å². The number of ether oxygens (including phenoxy) is 1. The predicted molar refractivity (Wildman–Crippen MR) is 224 cm³/mol. The molecule has 1 aliphatic rings. The summed E-state index contributed by atoms with van der Waals surface area (Å²) in [7, 11) is 0. The Hall–Kier alpha value is -6.24. The number of nitrogens with zero attached hydrogens (tertiary/aromatic N) is 6. The van der Waals surface area contributed by atoms with Gasteiger partial charge in [0.2, 0.25) is 0 Å². The van der Waals surface area contributed by atoms with Gasteiger partial charge in [0.15, 0.2) is 5.82 Å². The number of halogens is 2. The third-order valence-corrected chi connectivity index (χ3v) is 11.1. The van der Waals surface area contributed by atoms with Crippen molar-refractivity contribution in [3.8, 4) is 17.2 Å². The van der Waals surface area contributed by atoms with E-state index >= 15 is 4.39 Å². The van der Waals surface area contributed by atoms with Crippen LogP contribution in [0.15, 0.2) is 115 Å². The largest absolute Gasteiger partial charge is 0.444 e. The Balaban J connectivity index is 1.32. The fourth-order valence-corrected chi connectivity index (χ4v) is 8.60. The van der Waals surface area contributed by atoms with Crippen molar-refractivity contribution in [3.05, 3.63) is 160 Å². The van der Waals surface area contributed by atoms with Crippen LogP contribution in [0.3, 0.4) is 0 Å². The fraction of sp³-hybridized carbons (Fsp3) is 0.234. The van der Waals surface area contributed by atoms with E-state index in [0.29, 0.717) is 54.1 Å². The van der Waals surface area contributed by atoms with E-state index in [2.05, 4.69) is 58.2 Å². The van der Waals surface area contributed by atoms with Gasteiger partial charge in [0, 0.05) is 54.3 Å². The molecule has 286 valence electrons. The van der Waals surface area contributed by atoms with Crippen LogP contribution in [0.25, 0.3) is 32.9 Å². The van der Waals surface area contributed by atoms with Crippen molar-refractivity contribution in [2.24, 2.45) is 0 Å². The first-order chi connectivity index (χ1) is 27.4. The molecule has 0 saturated carbocycles. The van der Waals surface area contributed by atoms with Crippen LogP contribution in [0, 0.1) is 31.0 Å². The number of aryl methyl sites for hydroxylation is 2. The average molecular weight is 777 g/mol. The summed E-state index contributed by atoms with van der Waals surface area (Å²) in [6.07, 6.45) is 1.03. The Morgan fingerprint density at radius 2 is 1.39 bits per heavy atom. The molecule has 0 unspecified atom stereocenters. The second-order valence-electron chi connectivity index (χ2n) is 15.5. The van der Waals surface area contributed by atoms with Gasteiger partial charge in [-0.15, -0.1) is 0 Å². The summed E-state index contributed by atoms with van der Waals surface area (Å²) >= 11 is 7.22. The lowest BCUT2D eigenvalue weighted by atomic mass is 9.77. The molecular weight excluding hydrogens is 735 g/mol. The van der Waals surface area contributed by atoms with Crippen molar-refractivity contribution in [2.45, 2.75) is 45.8 Å². The first kappa shape index (κ1) is 37.7. The maximum atomic E-state index is 17.5. The Labute approximate surface area is 336 Å². The highest BCUT2D eigenvalue weighted by molar-refractivity contribution is 6.35. The van der Waals surface area contributed by atoms with E-state index in [-0.39, 0.29) is 16.1 Å². The second kappa shape index (κ2) is 14.7. The zero-order chi connectivity index (χ0) is 40.1. The molecule has 0 radical (unpaired) electrons. The van der Waals surface area contributed by atoms with Crippen LogP contribution in [0.2, 0.25) is 5.02 Å². The smallest absolute Gasteiger partial charge is 0.410 e. The number of pyridine rings is 1. The lowest BCUT2D eigenvalue weighted by Crippen LogP contribution is -2.50. The molecule has 0 spiro atoms. The van der Waals surface area contributed by atoms with Gasteiger partial charge in [0.25, 0.3) is 0 Å². The van der Waals surface area contributed by atoms with Crippen molar-refractivity contribution >= 4 is 45.2 Å². The monoisotopic (exact) mass is 776 g/mol. The van der Waals surface area contributed by atoms with Crippen LogP contribution in [0.1, 0.15) is 54.3 Å². The van der Waals surface area contributed by atoms with Crippen molar-refractivity contribution in [1.29, 1.82) is 5.26 Å². The lowest BCUT2D eigenvalue weighted by Gasteiger charge is -2.37. The molecule has 2 aromatic heterocycles. The average Bonchev–Trinajstić information content (AvgIpc) is 3.55. The molecule has 5 aromatic carbocycles. The fourth-order valence-electron chi connectivity index (χ4n) is 8.32. The summed E-state index contributed by atoms with van der Waals surface area (Å²) in [5.41, 5.74) is 5.65. The van der Waals surface area contributed by atoms with Crippen LogP contribution in [-0.4, -0.2) is 57.5 Å². The zero-order valence-corrected chi connectivity index (χ0v) is 33.3. The number of rotatable bonds is 6. The number of hydrogen-bond donors (Lipinski definition) is 0. The number of aromatic nitrogens is 3. The van der Waals surface area contributed by atoms with E-state index in [4.69, 9.17) is 21.4 Å².